The van der Waals surface area contributed by atoms with E-state index in [0.29, 0.717) is 6.42 Å². The summed E-state index contributed by atoms with van der Waals surface area (Å²) in [5.41, 5.74) is -0.730. The lowest BCUT2D eigenvalue weighted by Crippen LogP contribution is -2.56. The minimum absolute atomic E-state index is 0.279. The van der Waals surface area contributed by atoms with Crippen LogP contribution in [0.1, 0.15) is 68.7 Å². The summed E-state index contributed by atoms with van der Waals surface area (Å²) in [6.07, 6.45) is -1.52. The summed E-state index contributed by atoms with van der Waals surface area (Å²) < 4.78 is 10.5. The van der Waals surface area contributed by atoms with Crippen LogP contribution in [0, 0.1) is 17.8 Å². The summed E-state index contributed by atoms with van der Waals surface area (Å²) >= 11 is 0. The fourth-order valence-corrected chi connectivity index (χ4v) is 3.00. The van der Waals surface area contributed by atoms with Gasteiger partial charge < -0.3 is 24.8 Å². The van der Waals surface area contributed by atoms with Gasteiger partial charge in [-0.15, -0.1) is 0 Å². The van der Waals surface area contributed by atoms with E-state index in [1.807, 2.05) is 0 Å². The maximum absolute atomic E-state index is 13.2. The van der Waals surface area contributed by atoms with Crippen molar-refractivity contribution in [2.45, 2.75) is 92.5 Å². The van der Waals surface area contributed by atoms with Crippen LogP contribution in [0.5, 0.6) is 0 Å². The van der Waals surface area contributed by atoms with Gasteiger partial charge >= 0.3 is 18.0 Å². The highest BCUT2D eigenvalue weighted by atomic mass is 16.6. The summed E-state index contributed by atoms with van der Waals surface area (Å²) in [6.45, 7) is 15.6. The van der Waals surface area contributed by atoms with Gasteiger partial charge in [0, 0.05) is 13.0 Å². The molecule has 0 bridgehead atoms. The van der Waals surface area contributed by atoms with Crippen LogP contribution in [0.4, 0.5) is 4.79 Å². The molecule has 0 aromatic carbocycles. The van der Waals surface area contributed by atoms with Gasteiger partial charge in [-0.1, -0.05) is 41.5 Å². The second-order valence-corrected chi connectivity index (χ2v) is 9.59. The maximum atomic E-state index is 13.2. The normalized spacial score (nSPS) is 15.6. The van der Waals surface area contributed by atoms with Gasteiger partial charge in [0.2, 0.25) is 12.0 Å². The van der Waals surface area contributed by atoms with Crippen LogP contribution in [-0.4, -0.2) is 64.8 Å². The van der Waals surface area contributed by atoms with Gasteiger partial charge in [-0.2, -0.15) is 0 Å². The van der Waals surface area contributed by atoms with Crippen molar-refractivity contribution >= 4 is 23.9 Å². The number of amides is 2. The predicted octanol–water partition coefficient (Wildman–Crippen LogP) is 3.06. The number of ether oxygens (including phenoxy) is 2. The third kappa shape index (κ3) is 9.14. The predicted molar refractivity (Wildman–Crippen MR) is 116 cm³/mol. The van der Waals surface area contributed by atoms with Crippen molar-refractivity contribution in [3.63, 3.8) is 0 Å². The SMILES string of the molecule is CC[C@H](C)[C@@H](OC(=O)[C@H](C(C)C)N(C)C(=O)[C@@H](NC(=O)OC(C)(C)C)C(C)C)C(=O)O. The zero-order valence-electron chi connectivity index (χ0n) is 20.5. The summed E-state index contributed by atoms with van der Waals surface area (Å²) in [6, 6.07) is -1.95. The number of carbonyl (C=O) groups excluding carboxylic acids is 3. The fourth-order valence-electron chi connectivity index (χ4n) is 3.00. The Morgan fingerprint density at radius 1 is 1.00 bits per heavy atom. The highest BCUT2D eigenvalue weighted by Gasteiger charge is 2.39. The molecule has 0 saturated carbocycles. The van der Waals surface area contributed by atoms with Crippen molar-refractivity contribution in [1.29, 1.82) is 0 Å². The van der Waals surface area contributed by atoms with Crippen molar-refractivity contribution < 1.29 is 33.8 Å². The molecule has 2 amide bonds. The molecule has 0 aliphatic rings. The number of aliphatic carboxylic acids is 1. The molecule has 0 fully saturated rings. The quantitative estimate of drug-likeness (QED) is 0.497. The molecule has 2 N–H and O–H groups in total. The van der Waals surface area contributed by atoms with E-state index >= 15 is 0 Å². The molecule has 0 aromatic rings. The molecule has 0 radical (unpaired) electrons. The summed E-state index contributed by atoms with van der Waals surface area (Å²) in [4.78, 5) is 51.0. The molecule has 9 nitrogen and oxygen atoms in total. The number of nitrogens with zero attached hydrogens (tertiary/aromatic N) is 1. The Balaban J connectivity index is 5.63. The molecule has 0 aliphatic heterocycles. The van der Waals surface area contributed by atoms with Crippen LogP contribution >= 0.6 is 0 Å². The van der Waals surface area contributed by atoms with Gasteiger partial charge in [0.25, 0.3) is 0 Å². The third-order valence-electron chi connectivity index (χ3n) is 4.89. The first-order valence-electron chi connectivity index (χ1n) is 10.7. The molecular weight excluding hydrogens is 404 g/mol. The van der Waals surface area contributed by atoms with Crippen molar-refractivity contribution in [2.75, 3.05) is 7.05 Å². The molecule has 9 heteroatoms. The first-order valence-corrected chi connectivity index (χ1v) is 10.7. The van der Waals surface area contributed by atoms with Gasteiger partial charge in [-0.3, -0.25) is 4.79 Å². The zero-order chi connectivity index (χ0) is 24.7. The van der Waals surface area contributed by atoms with E-state index in [-0.39, 0.29) is 17.8 Å². The monoisotopic (exact) mass is 444 g/mol. The average Bonchev–Trinajstić information content (AvgIpc) is 2.60. The van der Waals surface area contributed by atoms with Gasteiger partial charge in [0.05, 0.1) is 0 Å². The molecule has 0 saturated heterocycles. The summed E-state index contributed by atoms with van der Waals surface area (Å²) in [5, 5.41) is 12.0. The van der Waals surface area contributed by atoms with Crippen LogP contribution in [0.15, 0.2) is 0 Å². The lowest BCUT2D eigenvalue weighted by molar-refractivity contribution is -0.173. The number of rotatable bonds is 10. The van der Waals surface area contributed by atoms with Crippen LogP contribution in [0.25, 0.3) is 0 Å². The van der Waals surface area contributed by atoms with E-state index in [1.54, 1.807) is 62.3 Å². The highest BCUT2D eigenvalue weighted by molar-refractivity contribution is 5.90. The molecule has 0 unspecified atom stereocenters. The Labute approximate surface area is 185 Å². The Kier molecular flexibility index (Phi) is 11.0. The largest absolute Gasteiger partial charge is 0.478 e. The minimum atomic E-state index is -1.30. The molecule has 0 rings (SSSR count). The molecule has 0 spiro atoms. The third-order valence-corrected chi connectivity index (χ3v) is 4.89. The van der Waals surface area contributed by atoms with E-state index in [2.05, 4.69) is 5.32 Å². The van der Waals surface area contributed by atoms with Crippen LogP contribution in [-0.2, 0) is 23.9 Å². The number of alkyl carbamates (subject to hydrolysis) is 1. The number of likely N-dealkylation sites (N-methyl/N-ethyl adjacent to an activating group) is 1. The average molecular weight is 445 g/mol. The van der Waals surface area contributed by atoms with Gasteiger partial charge in [0.15, 0.2) is 0 Å². The number of esters is 1. The Bertz CT molecular complexity index is 640. The van der Waals surface area contributed by atoms with Crippen molar-refractivity contribution in [3.8, 4) is 0 Å². The van der Waals surface area contributed by atoms with E-state index in [4.69, 9.17) is 9.47 Å². The number of carboxylic acid groups (broad SMARTS) is 1. The van der Waals surface area contributed by atoms with Crippen molar-refractivity contribution in [2.24, 2.45) is 17.8 Å². The van der Waals surface area contributed by atoms with E-state index in [1.165, 1.54) is 11.9 Å². The van der Waals surface area contributed by atoms with Crippen LogP contribution < -0.4 is 5.32 Å². The Hall–Kier alpha value is -2.32. The number of hydrogen-bond acceptors (Lipinski definition) is 6. The van der Waals surface area contributed by atoms with Gasteiger partial charge in [-0.25, -0.2) is 14.4 Å². The number of carboxylic acids is 1. The summed E-state index contributed by atoms with van der Waals surface area (Å²) in [7, 11) is 1.44. The van der Waals surface area contributed by atoms with Crippen molar-refractivity contribution in [1.82, 2.24) is 10.2 Å². The van der Waals surface area contributed by atoms with Gasteiger partial charge in [-0.05, 0) is 39.0 Å². The Morgan fingerprint density at radius 3 is 1.87 bits per heavy atom. The molecule has 180 valence electrons. The molecule has 31 heavy (non-hydrogen) atoms. The maximum Gasteiger partial charge on any atom is 0.408 e. The molecule has 4 atom stereocenters. The van der Waals surface area contributed by atoms with E-state index in [0.717, 1.165) is 0 Å². The van der Waals surface area contributed by atoms with Crippen molar-refractivity contribution in [3.05, 3.63) is 0 Å². The lowest BCUT2D eigenvalue weighted by Gasteiger charge is -2.34. The van der Waals surface area contributed by atoms with Crippen LogP contribution in [0.3, 0.4) is 0 Å². The minimum Gasteiger partial charge on any atom is -0.478 e. The molecule has 0 aliphatic carbocycles. The summed E-state index contributed by atoms with van der Waals surface area (Å²) in [5.74, 6) is -3.52. The lowest BCUT2D eigenvalue weighted by atomic mass is 9.98. The number of hydrogen-bond donors (Lipinski definition) is 2. The van der Waals surface area contributed by atoms with Gasteiger partial charge in [0.1, 0.15) is 17.7 Å². The molecule has 0 aromatic heterocycles. The topological polar surface area (TPSA) is 122 Å². The smallest absolute Gasteiger partial charge is 0.408 e. The highest BCUT2D eigenvalue weighted by Crippen LogP contribution is 2.19. The standard InChI is InChI=1S/C22H40N2O7/c1-11-14(6)17(19(26)27)30-20(28)16(13(4)5)24(10)18(25)15(12(2)3)23-21(29)31-22(7,8)9/h12-17H,11H2,1-10H3,(H,23,29)(H,26,27)/t14-,15-,16-,17+/m0/s1. The molecule has 0 heterocycles. The number of carbonyl (C=O) groups is 4. The fraction of sp³-hybridized carbons (Fsp3) is 0.818. The first-order chi connectivity index (χ1) is 14.0. The van der Waals surface area contributed by atoms with Crippen LogP contribution in [0.2, 0.25) is 0 Å². The van der Waals surface area contributed by atoms with E-state index in [9.17, 15) is 24.3 Å². The number of nitrogens with one attached hydrogen (secondary N) is 1. The Morgan fingerprint density at radius 2 is 1.52 bits per heavy atom. The first kappa shape index (κ1) is 28.7. The zero-order valence-corrected chi connectivity index (χ0v) is 20.5. The second kappa shape index (κ2) is 11.9. The second-order valence-electron chi connectivity index (χ2n) is 9.59. The molecular formula is C22H40N2O7. The van der Waals surface area contributed by atoms with E-state index < -0.39 is 47.7 Å².